The maximum atomic E-state index is 14.0. The van der Waals surface area contributed by atoms with Crippen LogP contribution in [0.1, 0.15) is 58.6 Å². The molecule has 1 rings (SSSR count). The van der Waals surface area contributed by atoms with Gasteiger partial charge in [-0.25, -0.2) is 4.39 Å². The normalized spacial score (nSPS) is 13.1. The summed E-state index contributed by atoms with van der Waals surface area (Å²) >= 11 is 0. The average Bonchev–Trinajstić information content (AvgIpc) is 2.42. The number of halogens is 1. The van der Waals surface area contributed by atoms with Crippen LogP contribution in [0.15, 0.2) is 42.0 Å². The molecule has 0 nitrogen and oxygen atoms in total. The molecule has 0 bridgehead atoms. The van der Waals surface area contributed by atoms with Crippen molar-refractivity contribution >= 4 is 5.57 Å². The first kappa shape index (κ1) is 16.7. The lowest BCUT2D eigenvalue weighted by atomic mass is 9.90. The van der Waals surface area contributed by atoms with Gasteiger partial charge in [0.2, 0.25) is 0 Å². The Morgan fingerprint density at radius 3 is 2.15 bits per heavy atom. The van der Waals surface area contributed by atoms with Crippen LogP contribution in [0, 0.1) is 0 Å². The van der Waals surface area contributed by atoms with Gasteiger partial charge in [0, 0.05) is 0 Å². The molecule has 0 radical (unpaired) electrons. The summed E-state index contributed by atoms with van der Waals surface area (Å²) in [6.45, 7) is 13.3. The Hall–Kier alpha value is -1.37. The molecule has 1 aromatic carbocycles. The Kier molecular flexibility index (Phi) is 5.74. The number of unbranched alkanes of at least 4 members (excludes halogenated alkanes) is 1. The van der Waals surface area contributed by atoms with Gasteiger partial charge >= 0.3 is 0 Å². The molecule has 0 amide bonds. The minimum absolute atomic E-state index is 0.748. The summed E-state index contributed by atoms with van der Waals surface area (Å²) < 4.78 is 14.0. The van der Waals surface area contributed by atoms with Crippen LogP contribution in [0.2, 0.25) is 0 Å². The van der Waals surface area contributed by atoms with Crippen LogP contribution in [0.25, 0.3) is 5.57 Å². The molecule has 0 heterocycles. The molecule has 110 valence electrons. The number of benzene rings is 1. The molecule has 0 N–H and O–H groups in total. The molecule has 0 unspecified atom stereocenters. The minimum atomic E-state index is -1.30. The maximum absolute atomic E-state index is 14.0. The van der Waals surface area contributed by atoms with Gasteiger partial charge in [-0.15, -0.1) is 0 Å². The van der Waals surface area contributed by atoms with Gasteiger partial charge in [-0.05, 0) is 68.4 Å². The zero-order valence-corrected chi connectivity index (χ0v) is 13.5. The third-order valence-electron chi connectivity index (χ3n) is 4.03. The molecular weight excluding hydrogens is 247 g/mol. The SMILES string of the molecule is C=C(/C(C)=C(/C)C(C)(C)F)c1ccc(CCCC)cc1. The Bertz CT molecular complexity index is 483. The van der Waals surface area contributed by atoms with Gasteiger partial charge in [0.1, 0.15) is 5.67 Å². The van der Waals surface area contributed by atoms with Gasteiger partial charge in [-0.3, -0.25) is 0 Å². The van der Waals surface area contributed by atoms with Crippen molar-refractivity contribution in [2.45, 2.75) is 59.5 Å². The van der Waals surface area contributed by atoms with E-state index in [1.165, 1.54) is 18.4 Å². The molecule has 0 fully saturated rings. The number of alkyl halides is 1. The van der Waals surface area contributed by atoms with Crippen molar-refractivity contribution in [1.29, 1.82) is 0 Å². The highest BCUT2D eigenvalue weighted by atomic mass is 19.1. The summed E-state index contributed by atoms with van der Waals surface area (Å²) in [5.74, 6) is 0. The van der Waals surface area contributed by atoms with Gasteiger partial charge in [0.15, 0.2) is 0 Å². The topological polar surface area (TPSA) is 0 Å². The second-order valence-electron chi connectivity index (χ2n) is 6.00. The van der Waals surface area contributed by atoms with E-state index in [0.717, 1.165) is 28.7 Å². The van der Waals surface area contributed by atoms with Gasteiger partial charge in [-0.1, -0.05) is 44.2 Å². The van der Waals surface area contributed by atoms with E-state index in [1.807, 2.05) is 13.8 Å². The van der Waals surface area contributed by atoms with Crippen LogP contribution in [-0.4, -0.2) is 5.67 Å². The van der Waals surface area contributed by atoms with Crippen LogP contribution in [-0.2, 0) is 6.42 Å². The van der Waals surface area contributed by atoms with E-state index in [0.29, 0.717) is 0 Å². The Labute approximate surface area is 123 Å². The molecule has 20 heavy (non-hydrogen) atoms. The molecule has 0 spiro atoms. The number of allylic oxidation sites excluding steroid dienone is 3. The van der Waals surface area contributed by atoms with E-state index in [1.54, 1.807) is 13.8 Å². The van der Waals surface area contributed by atoms with Gasteiger partial charge < -0.3 is 0 Å². The fourth-order valence-electron chi connectivity index (χ4n) is 2.14. The molecule has 0 aliphatic heterocycles. The van der Waals surface area contributed by atoms with Crippen LogP contribution in [0.3, 0.4) is 0 Å². The average molecular weight is 274 g/mol. The van der Waals surface area contributed by atoms with E-state index in [-0.39, 0.29) is 0 Å². The molecule has 1 aromatic rings. The summed E-state index contributed by atoms with van der Waals surface area (Å²) in [5.41, 5.74) is 3.74. The summed E-state index contributed by atoms with van der Waals surface area (Å²) in [4.78, 5) is 0. The van der Waals surface area contributed by atoms with Crippen molar-refractivity contribution in [3.63, 3.8) is 0 Å². The van der Waals surface area contributed by atoms with Crippen LogP contribution in [0.4, 0.5) is 4.39 Å². The standard InChI is InChI=1S/C19H27F/c1-7-8-9-17-10-12-18(13-11-17)15(3)14(2)16(4)19(5,6)20/h10-13H,3,7-9H2,1-2,4-6H3/b16-14-. The zero-order valence-electron chi connectivity index (χ0n) is 13.5. The highest BCUT2D eigenvalue weighted by Crippen LogP contribution is 2.30. The molecule has 0 aromatic heterocycles. The third-order valence-corrected chi connectivity index (χ3v) is 4.03. The van der Waals surface area contributed by atoms with E-state index < -0.39 is 5.67 Å². The van der Waals surface area contributed by atoms with Crippen LogP contribution >= 0.6 is 0 Å². The van der Waals surface area contributed by atoms with Crippen molar-refractivity contribution in [2.24, 2.45) is 0 Å². The maximum Gasteiger partial charge on any atom is 0.126 e. The first-order valence-corrected chi connectivity index (χ1v) is 7.42. The fraction of sp³-hybridized carbons (Fsp3) is 0.474. The van der Waals surface area contributed by atoms with Crippen molar-refractivity contribution in [2.75, 3.05) is 0 Å². The molecule has 0 saturated heterocycles. The fourth-order valence-corrected chi connectivity index (χ4v) is 2.14. The van der Waals surface area contributed by atoms with Crippen LogP contribution in [0.5, 0.6) is 0 Å². The molecule has 0 atom stereocenters. The summed E-state index contributed by atoms with van der Waals surface area (Å²) in [6, 6.07) is 8.49. The highest BCUT2D eigenvalue weighted by molar-refractivity contribution is 5.77. The molecule has 1 heteroatoms. The predicted molar refractivity (Wildman–Crippen MR) is 87.6 cm³/mol. The van der Waals surface area contributed by atoms with E-state index in [4.69, 9.17) is 0 Å². The Balaban J connectivity index is 2.93. The van der Waals surface area contributed by atoms with Gasteiger partial charge in [0.25, 0.3) is 0 Å². The summed E-state index contributed by atoms with van der Waals surface area (Å²) in [5, 5.41) is 0. The van der Waals surface area contributed by atoms with Gasteiger partial charge in [0.05, 0.1) is 0 Å². The smallest absolute Gasteiger partial charge is 0.126 e. The van der Waals surface area contributed by atoms with Crippen molar-refractivity contribution in [3.8, 4) is 0 Å². The molecule has 0 saturated carbocycles. The van der Waals surface area contributed by atoms with E-state index in [2.05, 4.69) is 37.8 Å². The number of aryl methyl sites for hydroxylation is 1. The van der Waals surface area contributed by atoms with Gasteiger partial charge in [-0.2, -0.15) is 0 Å². The monoisotopic (exact) mass is 274 g/mol. The Morgan fingerprint density at radius 2 is 1.70 bits per heavy atom. The third kappa shape index (κ3) is 4.33. The minimum Gasteiger partial charge on any atom is -0.240 e. The molecule has 0 aliphatic rings. The second kappa shape index (κ2) is 6.88. The number of rotatable bonds is 6. The lowest BCUT2D eigenvalue weighted by Gasteiger charge is -2.20. The quantitative estimate of drug-likeness (QED) is 0.548. The zero-order chi connectivity index (χ0) is 15.3. The Morgan fingerprint density at radius 1 is 1.15 bits per heavy atom. The lowest BCUT2D eigenvalue weighted by molar-refractivity contribution is 0.267. The highest BCUT2D eigenvalue weighted by Gasteiger charge is 2.21. The van der Waals surface area contributed by atoms with Crippen molar-refractivity contribution < 1.29 is 4.39 Å². The summed E-state index contributed by atoms with van der Waals surface area (Å²) in [6.07, 6.45) is 3.55. The molecule has 0 aliphatic carbocycles. The predicted octanol–water partition coefficient (Wildman–Crippen LogP) is 6.13. The lowest BCUT2D eigenvalue weighted by Crippen LogP contribution is -2.15. The first-order chi connectivity index (χ1) is 9.27. The largest absolute Gasteiger partial charge is 0.240 e. The van der Waals surface area contributed by atoms with Crippen LogP contribution < -0.4 is 0 Å². The van der Waals surface area contributed by atoms with Crippen molar-refractivity contribution in [1.82, 2.24) is 0 Å². The van der Waals surface area contributed by atoms with Crippen molar-refractivity contribution in [3.05, 3.63) is 53.1 Å². The van der Waals surface area contributed by atoms with E-state index >= 15 is 0 Å². The molecular formula is C19H27F. The number of hydrogen-bond donors (Lipinski definition) is 0. The first-order valence-electron chi connectivity index (χ1n) is 7.42. The number of hydrogen-bond acceptors (Lipinski definition) is 0. The van der Waals surface area contributed by atoms with E-state index in [9.17, 15) is 4.39 Å². The summed E-state index contributed by atoms with van der Waals surface area (Å²) in [7, 11) is 0. The second-order valence-corrected chi connectivity index (χ2v) is 6.00.